The number of carbonyl (C=O) groups is 1. The molecule has 4 rings (SSSR count). The average Bonchev–Trinajstić information content (AvgIpc) is 2.82. The van der Waals surface area contributed by atoms with Gasteiger partial charge in [0.15, 0.2) is 0 Å². The van der Waals surface area contributed by atoms with Crippen molar-refractivity contribution in [3.8, 4) is 0 Å². The molecule has 1 aromatic rings. The Hall–Kier alpha value is -1.26. The summed E-state index contributed by atoms with van der Waals surface area (Å²) in [6.45, 7) is 2.76. The van der Waals surface area contributed by atoms with Gasteiger partial charge in [-0.15, -0.1) is 12.4 Å². The normalized spacial score (nSPS) is 24.6. The van der Waals surface area contributed by atoms with Crippen LogP contribution in [0.2, 0.25) is 0 Å². The van der Waals surface area contributed by atoms with Crippen molar-refractivity contribution in [2.45, 2.75) is 62.9 Å². The number of hydrogen-bond donors (Lipinski definition) is 1. The summed E-state index contributed by atoms with van der Waals surface area (Å²) >= 11 is 0. The van der Waals surface area contributed by atoms with Crippen molar-refractivity contribution in [2.75, 3.05) is 24.7 Å². The molecule has 0 bridgehead atoms. The van der Waals surface area contributed by atoms with Gasteiger partial charge in [0.2, 0.25) is 5.91 Å². The largest absolute Gasteiger partial charge is 0.339 e. The van der Waals surface area contributed by atoms with Gasteiger partial charge in [0.05, 0.1) is 6.67 Å². The fourth-order valence-electron chi connectivity index (χ4n) is 4.91. The predicted octanol–water partition coefficient (Wildman–Crippen LogP) is 3.56. The van der Waals surface area contributed by atoms with Crippen LogP contribution in [0.3, 0.4) is 0 Å². The summed E-state index contributed by atoms with van der Waals surface area (Å²) < 4.78 is 0. The summed E-state index contributed by atoms with van der Waals surface area (Å²) in [7, 11) is 0. The maximum absolute atomic E-state index is 12.7. The van der Waals surface area contributed by atoms with E-state index in [1.165, 1.54) is 44.2 Å². The molecule has 5 heteroatoms. The van der Waals surface area contributed by atoms with E-state index in [-0.39, 0.29) is 23.9 Å². The van der Waals surface area contributed by atoms with E-state index in [0.717, 1.165) is 32.0 Å². The molecule has 4 nitrogen and oxygen atoms in total. The minimum absolute atomic E-state index is 0. The molecule has 1 aliphatic carbocycles. The van der Waals surface area contributed by atoms with Gasteiger partial charge in [-0.1, -0.05) is 43.9 Å². The van der Waals surface area contributed by atoms with E-state index in [4.69, 9.17) is 0 Å². The van der Waals surface area contributed by atoms with Gasteiger partial charge in [-0.05, 0) is 37.8 Å². The lowest BCUT2D eigenvalue weighted by atomic mass is 9.84. The number of halogens is 1. The maximum Gasteiger partial charge on any atom is 0.247 e. The quantitative estimate of drug-likeness (QED) is 0.816. The predicted molar refractivity (Wildman–Crippen MR) is 104 cm³/mol. The molecule has 0 unspecified atom stereocenters. The van der Waals surface area contributed by atoms with Crippen LogP contribution in [0.15, 0.2) is 30.3 Å². The summed E-state index contributed by atoms with van der Waals surface area (Å²) in [6, 6.07) is 11.2. The Labute approximate surface area is 157 Å². The number of amides is 1. The molecule has 0 atom stereocenters. The zero-order chi connectivity index (χ0) is 16.4. The highest BCUT2D eigenvalue weighted by atomic mass is 35.5. The van der Waals surface area contributed by atoms with E-state index >= 15 is 0 Å². The topological polar surface area (TPSA) is 35.6 Å². The average molecular weight is 364 g/mol. The van der Waals surface area contributed by atoms with Gasteiger partial charge >= 0.3 is 0 Å². The molecule has 2 aliphatic heterocycles. The second kappa shape index (κ2) is 7.96. The highest BCUT2D eigenvalue weighted by molar-refractivity contribution is 5.93. The van der Waals surface area contributed by atoms with Gasteiger partial charge in [0.1, 0.15) is 5.54 Å². The zero-order valence-electron chi connectivity index (χ0n) is 15.0. The third-order valence-corrected chi connectivity index (χ3v) is 6.37. The Kier molecular flexibility index (Phi) is 5.90. The first-order valence-corrected chi connectivity index (χ1v) is 9.65. The fraction of sp³-hybridized carbons (Fsp3) is 0.650. The zero-order valence-corrected chi connectivity index (χ0v) is 15.8. The van der Waals surface area contributed by atoms with Gasteiger partial charge in [-0.2, -0.15) is 0 Å². The molecule has 1 amide bonds. The van der Waals surface area contributed by atoms with Crippen LogP contribution in [0.4, 0.5) is 5.69 Å². The maximum atomic E-state index is 12.7. The van der Waals surface area contributed by atoms with E-state index < -0.39 is 0 Å². The number of anilines is 1. The van der Waals surface area contributed by atoms with Gasteiger partial charge in [0, 0.05) is 24.8 Å². The molecule has 1 N–H and O–H groups in total. The minimum Gasteiger partial charge on any atom is -0.339 e. The molecule has 1 aromatic carbocycles. The first-order chi connectivity index (χ1) is 11.8. The second-order valence-electron chi connectivity index (χ2n) is 7.64. The molecule has 0 radical (unpaired) electrons. The highest BCUT2D eigenvalue weighted by Gasteiger charge is 2.50. The molecule has 138 valence electrons. The lowest BCUT2D eigenvalue weighted by Crippen LogP contribution is -2.57. The van der Waals surface area contributed by atoms with E-state index in [9.17, 15) is 4.79 Å². The van der Waals surface area contributed by atoms with Crippen LogP contribution >= 0.6 is 12.4 Å². The molecule has 1 spiro atoms. The number of benzene rings is 1. The summed E-state index contributed by atoms with van der Waals surface area (Å²) in [4.78, 5) is 17.7. The Balaban J connectivity index is 0.00000182. The van der Waals surface area contributed by atoms with Crippen molar-refractivity contribution in [3.05, 3.63) is 30.3 Å². The van der Waals surface area contributed by atoms with Crippen molar-refractivity contribution in [1.29, 1.82) is 0 Å². The van der Waals surface area contributed by atoms with Gasteiger partial charge < -0.3 is 15.1 Å². The number of piperidine rings is 1. The molecule has 0 aromatic heterocycles. The Morgan fingerprint density at radius 3 is 2.24 bits per heavy atom. The molecule has 1 saturated carbocycles. The summed E-state index contributed by atoms with van der Waals surface area (Å²) in [5.74, 6) is 0.229. The summed E-state index contributed by atoms with van der Waals surface area (Å²) in [5, 5.41) is 3.10. The summed E-state index contributed by atoms with van der Waals surface area (Å²) in [5.41, 5.74) is 0.835. The monoisotopic (exact) mass is 363 g/mol. The molecule has 3 fully saturated rings. The molecule has 3 aliphatic rings. The van der Waals surface area contributed by atoms with Gasteiger partial charge in [-0.25, -0.2) is 0 Å². The van der Waals surface area contributed by atoms with Crippen molar-refractivity contribution in [1.82, 2.24) is 10.2 Å². The smallest absolute Gasteiger partial charge is 0.247 e. The van der Waals surface area contributed by atoms with E-state index in [2.05, 4.69) is 39.4 Å². The van der Waals surface area contributed by atoms with Crippen LogP contribution in [-0.2, 0) is 4.79 Å². The highest BCUT2D eigenvalue weighted by Crippen LogP contribution is 2.37. The Bertz CT molecular complexity index is 564. The molecule has 2 saturated heterocycles. The van der Waals surface area contributed by atoms with Gasteiger partial charge in [0.25, 0.3) is 0 Å². The third kappa shape index (κ3) is 3.52. The third-order valence-electron chi connectivity index (χ3n) is 6.37. The van der Waals surface area contributed by atoms with E-state index in [1.807, 2.05) is 6.07 Å². The number of hydrogen-bond acceptors (Lipinski definition) is 3. The van der Waals surface area contributed by atoms with E-state index in [0.29, 0.717) is 6.67 Å². The number of carbonyl (C=O) groups excluding carboxylic acids is 1. The number of likely N-dealkylation sites (tertiary alicyclic amines) is 1. The minimum atomic E-state index is -0.331. The number of para-hydroxylation sites is 1. The molecular formula is C20H30ClN3O. The molecule has 25 heavy (non-hydrogen) atoms. The number of nitrogens with one attached hydrogen (secondary N) is 1. The number of nitrogens with zero attached hydrogens (tertiary/aromatic N) is 2. The van der Waals surface area contributed by atoms with Crippen molar-refractivity contribution >= 4 is 24.0 Å². The number of rotatable bonds is 2. The molecule has 2 heterocycles. The van der Waals surface area contributed by atoms with Crippen LogP contribution in [0.25, 0.3) is 0 Å². The van der Waals surface area contributed by atoms with Crippen LogP contribution in [0.1, 0.15) is 51.4 Å². The Morgan fingerprint density at radius 1 is 0.960 bits per heavy atom. The van der Waals surface area contributed by atoms with Crippen LogP contribution in [0, 0.1) is 0 Å². The first kappa shape index (κ1) is 18.5. The van der Waals surface area contributed by atoms with Crippen molar-refractivity contribution in [3.63, 3.8) is 0 Å². The SMILES string of the molecule is Cl.O=C1NCN(c2ccccc2)C12CCN(C1CCCCCC1)CC2. The van der Waals surface area contributed by atoms with Crippen molar-refractivity contribution in [2.24, 2.45) is 0 Å². The lowest BCUT2D eigenvalue weighted by molar-refractivity contribution is -0.125. The first-order valence-electron chi connectivity index (χ1n) is 9.65. The van der Waals surface area contributed by atoms with E-state index in [1.54, 1.807) is 0 Å². The van der Waals surface area contributed by atoms with Crippen molar-refractivity contribution < 1.29 is 4.79 Å². The summed E-state index contributed by atoms with van der Waals surface area (Å²) in [6.07, 6.45) is 10.2. The fourth-order valence-corrected chi connectivity index (χ4v) is 4.91. The van der Waals surface area contributed by atoms with Crippen LogP contribution in [0.5, 0.6) is 0 Å². The Morgan fingerprint density at radius 2 is 1.60 bits per heavy atom. The van der Waals surface area contributed by atoms with Gasteiger partial charge in [-0.3, -0.25) is 4.79 Å². The molecular weight excluding hydrogens is 334 g/mol. The standard InChI is InChI=1S/C20H29N3O.ClH/c24-19-20(23(16-21-19)18-10-6-3-7-11-18)12-14-22(15-13-20)17-8-4-1-2-5-9-17;/h3,6-7,10-11,17H,1-2,4-5,8-9,12-16H2,(H,21,24);1H. The lowest BCUT2D eigenvalue weighted by Gasteiger charge is -2.45. The van der Waals surface area contributed by atoms with Crippen LogP contribution < -0.4 is 10.2 Å². The van der Waals surface area contributed by atoms with Crippen LogP contribution in [-0.4, -0.2) is 42.1 Å². The second-order valence-corrected chi connectivity index (χ2v) is 7.64.